The summed E-state index contributed by atoms with van der Waals surface area (Å²) in [4.78, 5) is 12.4. The van der Waals surface area contributed by atoms with Gasteiger partial charge in [-0.15, -0.1) is 0 Å². The first-order valence-electron chi connectivity index (χ1n) is 8.03. The number of nitrogens with zero attached hydrogens (tertiary/aromatic N) is 1. The highest BCUT2D eigenvalue weighted by Gasteiger charge is 2.40. The SMILES string of the molecule is Cn1ccc2ccc(NC3(c4cccc(Cl)c4Cl)CNC3)cc2c1=O. The summed E-state index contributed by atoms with van der Waals surface area (Å²) in [5.74, 6) is 0. The Hall–Kier alpha value is -2.01. The minimum absolute atomic E-state index is 0.0114. The summed E-state index contributed by atoms with van der Waals surface area (Å²) in [6.45, 7) is 1.47. The second-order valence-corrected chi connectivity index (χ2v) is 7.23. The van der Waals surface area contributed by atoms with Crippen molar-refractivity contribution >= 4 is 39.7 Å². The molecule has 4 rings (SSSR count). The van der Waals surface area contributed by atoms with E-state index in [0.29, 0.717) is 15.4 Å². The number of aromatic nitrogens is 1. The van der Waals surface area contributed by atoms with Gasteiger partial charge in [-0.25, -0.2) is 0 Å². The van der Waals surface area contributed by atoms with Gasteiger partial charge in [-0.1, -0.05) is 41.4 Å². The van der Waals surface area contributed by atoms with Gasteiger partial charge in [-0.2, -0.15) is 0 Å². The number of pyridine rings is 1. The number of fused-ring (bicyclic) bond motifs is 1. The number of hydrogen-bond acceptors (Lipinski definition) is 3. The topological polar surface area (TPSA) is 46.1 Å². The fourth-order valence-electron chi connectivity index (χ4n) is 3.29. The van der Waals surface area contributed by atoms with Crippen molar-refractivity contribution in [2.45, 2.75) is 5.54 Å². The second-order valence-electron chi connectivity index (χ2n) is 6.45. The molecule has 1 saturated heterocycles. The van der Waals surface area contributed by atoms with E-state index in [1.807, 2.05) is 36.4 Å². The lowest BCUT2D eigenvalue weighted by Crippen LogP contribution is -2.61. The summed E-state index contributed by atoms with van der Waals surface area (Å²) in [7, 11) is 1.75. The summed E-state index contributed by atoms with van der Waals surface area (Å²) < 4.78 is 1.58. The summed E-state index contributed by atoms with van der Waals surface area (Å²) in [5, 5.41) is 9.58. The fraction of sp³-hybridized carbons (Fsp3) is 0.211. The van der Waals surface area contributed by atoms with Gasteiger partial charge in [0.15, 0.2) is 0 Å². The Morgan fingerprint density at radius 2 is 1.96 bits per heavy atom. The summed E-state index contributed by atoms with van der Waals surface area (Å²) >= 11 is 12.6. The average molecular weight is 374 g/mol. The number of benzene rings is 2. The van der Waals surface area contributed by atoms with E-state index in [2.05, 4.69) is 10.6 Å². The van der Waals surface area contributed by atoms with E-state index in [1.54, 1.807) is 23.9 Å². The quantitative estimate of drug-likeness (QED) is 0.734. The van der Waals surface area contributed by atoms with Crippen molar-refractivity contribution < 1.29 is 0 Å². The summed E-state index contributed by atoms with van der Waals surface area (Å²) in [6, 6.07) is 13.5. The van der Waals surface area contributed by atoms with Crippen LogP contribution in [0.25, 0.3) is 10.8 Å². The molecular formula is C19H17Cl2N3O. The minimum Gasteiger partial charge on any atom is -0.373 e. The Bertz CT molecular complexity index is 1020. The van der Waals surface area contributed by atoms with Gasteiger partial charge in [0.2, 0.25) is 0 Å². The van der Waals surface area contributed by atoms with E-state index in [0.717, 1.165) is 29.7 Å². The zero-order valence-electron chi connectivity index (χ0n) is 13.6. The van der Waals surface area contributed by atoms with Gasteiger partial charge in [-0.05, 0) is 29.7 Å². The first-order valence-corrected chi connectivity index (χ1v) is 8.79. The minimum atomic E-state index is -0.338. The highest BCUT2D eigenvalue weighted by molar-refractivity contribution is 6.42. The predicted molar refractivity (Wildman–Crippen MR) is 104 cm³/mol. The highest BCUT2D eigenvalue weighted by atomic mass is 35.5. The van der Waals surface area contributed by atoms with Crippen LogP contribution >= 0.6 is 23.2 Å². The molecule has 2 heterocycles. The van der Waals surface area contributed by atoms with Gasteiger partial charge >= 0.3 is 0 Å². The van der Waals surface area contributed by atoms with Crippen molar-refractivity contribution in [1.29, 1.82) is 0 Å². The molecule has 0 saturated carbocycles. The van der Waals surface area contributed by atoms with Crippen LogP contribution in [0.5, 0.6) is 0 Å². The standard InChI is InChI=1S/C19H17Cl2N3O/c1-24-8-7-12-5-6-13(9-14(12)18(24)25)23-19(10-22-11-19)15-3-2-4-16(20)17(15)21/h2-9,22-23H,10-11H2,1H3. The molecule has 6 heteroatoms. The summed E-state index contributed by atoms with van der Waals surface area (Å²) in [5.41, 5.74) is 1.49. The van der Waals surface area contributed by atoms with Gasteiger partial charge in [0.05, 0.1) is 15.6 Å². The zero-order chi connectivity index (χ0) is 17.6. The lowest BCUT2D eigenvalue weighted by Gasteiger charge is -2.45. The lowest BCUT2D eigenvalue weighted by molar-refractivity contribution is 0.318. The maximum absolute atomic E-state index is 12.4. The van der Waals surface area contributed by atoms with Crippen molar-refractivity contribution in [3.05, 3.63) is 74.6 Å². The van der Waals surface area contributed by atoms with E-state index < -0.39 is 0 Å². The Kier molecular flexibility index (Phi) is 3.99. The number of halogens is 2. The Morgan fingerprint density at radius 3 is 2.68 bits per heavy atom. The molecule has 0 aliphatic carbocycles. The molecule has 0 radical (unpaired) electrons. The fourth-order valence-corrected chi connectivity index (χ4v) is 3.77. The Morgan fingerprint density at radius 1 is 1.16 bits per heavy atom. The van der Waals surface area contributed by atoms with Crippen molar-refractivity contribution in [3.8, 4) is 0 Å². The maximum atomic E-state index is 12.4. The summed E-state index contributed by atoms with van der Waals surface area (Å²) in [6.07, 6.45) is 1.78. The molecule has 0 spiro atoms. The molecule has 0 amide bonds. The van der Waals surface area contributed by atoms with Crippen LogP contribution in [0.15, 0.2) is 53.5 Å². The van der Waals surface area contributed by atoms with Crippen LogP contribution in [0.2, 0.25) is 10.0 Å². The maximum Gasteiger partial charge on any atom is 0.258 e. The normalized spacial score (nSPS) is 15.8. The zero-order valence-corrected chi connectivity index (χ0v) is 15.2. The number of aryl methyl sites for hydroxylation is 1. The average Bonchev–Trinajstić information content (AvgIpc) is 2.58. The third-order valence-corrected chi connectivity index (χ3v) is 5.60. The molecule has 0 bridgehead atoms. The molecule has 2 N–H and O–H groups in total. The van der Waals surface area contributed by atoms with Crippen LogP contribution in [-0.4, -0.2) is 17.7 Å². The predicted octanol–water partition coefficient (Wildman–Crippen LogP) is 3.76. The Balaban J connectivity index is 1.78. The molecule has 0 unspecified atom stereocenters. The van der Waals surface area contributed by atoms with E-state index in [4.69, 9.17) is 23.2 Å². The molecule has 3 aromatic rings. The molecule has 1 aromatic heterocycles. The first-order chi connectivity index (χ1) is 12.0. The third-order valence-electron chi connectivity index (χ3n) is 4.79. The van der Waals surface area contributed by atoms with E-state index in [-0.39, 0.29) is 11.1 Å². The number of rotatable bonds is 3. The smallest absolute Gasteiger partial charge is 0.258 e. The molecule has 128 valence electrons. The first kappa shape index (κ1) is 16.5. The molecule has 2 aromatic carbocycles. The van der Waals surface area contributed by atoms with E-state index >= 15 is 0 Å². The second kappa shape index (κ2) is 6.06. The lowest BCUT2D eigenvalue weighted by atomic mass is 9.83. The van der Waals surface area contributed by atoms with Crippen molar-refractivity contribution in [3.63, 3.8) is 0 Å². The molecule has 1 fully saturated rings. The highest BCUT2D eigenvalue weighted by Crippen LogP contribution is 2.38. The van der Waals surface area contributed by atoms with E-state index in [1.165, 1.54) is 0 Å². The molecular weight excluding hydrogens is 357 g/mol. The van der Waals surface area contributed by atoms with Crippen LogP contribution in [0.1, 0.15) is 5.56 Å². The molecule has 25 heavy (non-hydrogen) atoms. The van der Waals surface area contributed by atoms with Gasteiger partial charge in [0.1, 0.15) is 0 Å². The van der Waals surface area contributed by atoms with Crippen LogP contribution in [0, 0.1) is 0 Å². The molecule has 1 aliphatic heterocycles. The number of nitrogens with one attached hydrogen (secondary N) is 2. The van der Waals surface area contributed by atoms with Gasteiger partial charge in [0, 0.05) is 43.0 Å². The van der Waals surface area contributed by atoms with Crippen LogP contribution in [0.3, 0.4) is 0 Å². The van der Waals surface area contributed by atoms with Crippen molar-refractivity contribution in [1.82, 2.24) is 9.88 Å². The molecule has 1 aliphatic rings. The van der Waals surface area contributed by atoms with E-state index in [9.17, 15) is 4.79 Å². The monoisotopic (exact) mass is 373 g/mol. The largest absolute Gasteiger partial charge is 0.373 e. The third kappa shape index (κ3) is 2.71. The number of anilines is 1. The van der Waals surface area contributed by atoms with Crippen molar-refractivity contribution in [2.75, 3.05) is 18.4 Å². The van der Waals surface area contributed by atoms with Gasteiger partial charge in [-0.3, -0.25) is 4.79 Å². The molecule has 0 atom stereocenters. The van der Waals surface area contributed by atoms with Gasteiger partial charge < -0.3 is 15.2 Å². The number of hydrogen-bond donors (Lipinski definition) is 2. The van der Waals surface area contributed by atoms with Crippen LogP contribution < -0.4 is 16.2 Å². The molecule has 4 nitrogen and oxygen atoms in total. The van der Waals surface area contributed by atoms with Crippen LogP contribution in [-0.2, 0) is 12.6 Å². The van der Waals surface area contributed by atoms with Gasteiger partial charge in [0.25, 0.3) is 5.56 Å². The van der Waals surface area contributed by atoms with Crippen molar-refractivity contribution in [2.24, 2.45) is 7.05 Å². The Labute approximate surface area is 155 Å². The van der Waals surface area contributed by atoms with Crippen LogP contribution in [0.4, 0.5) is 5.69 Å².